The molecular weight excluding hydrogens is 218 g/mol. The lowest BCUT2D eigenvalue weighted by Crippen LogP contribution is -2.26. The third kappa shape index (κ3) is 3.46. The van der Waals surface area contributed by atoms with Crippen LogP contribution in [0.1, 0.15) is 24.3 Å². The van der Waals surface area contributed by atoms with Crippen molar-refractivity contribution in [3.05, 3.63) is 29.8 Å². The Morgan fingerprint density at radius 2 is 1.94 bits per heavy atom. The number of carboxylic acid groups (broad SMARTS) is 1. The van der Waals surface area contributed by atoms with Crippen LogP contribution < -0.4 is 10.1 Å². The average Bonchev–Trinajstić information content (AvgIpc) is 2.38. The highest BCUT2D eigenvalue weighted by Crippen LogP contribution is 2.26. The number of piperidine rings is 1. The molecule has 1 saturated heterocycles. The number of hydrogen-bond donors (Lipinski definition) is 2. The van der Waals surface area contributed by atoms with E-state index in [1.54, 1.807) is 0 Å². The lowest BCUT2D eigenvalue weighted by molar-refractivity contribution is -0.139. The van der Waals surface area contributed by atoms with Gasteiger partial charge in [-0.2, -0.15) is 0 Å². The number of carbonyl (C=O) groups is 1. The molecule has 2 N–H and O–H groups in total. The minimum absolute atomic E-state index is 0.285. The zero-order valence-electron chi connectivity index (χ0n) is 9.69. The molecule has 1 aliphatic rings. The van der Waals surface area contributed by atoms with Crippen LogP contribution in [-0.4, -0.2) is 30.8 Å². The zero-order valence-corrected chi connectivity index (χ0v) is 9.69. The van der Waals surface area contributed by atoms with Gasteiger partial charge in [0.2, 0.25) is 0 Å². The quantitative estimate of drug-likeness (QED) is 0.832. The van der Waals surface area contributed by atoms with Crippen LogP contribution in [0.2, 0.25) is 0 Å². The van der Waals surface area contributed by atoms with E-state index in [1.807, 2.05) is 24.3 Å². The maximum Gasteiger partial charge on any atom is 0.341 e. The molecule has 1 fully saturated rings. The van der Waals surface area contributed by atoms with Crippen molar-refractivity contribution in [3.8, 4) is 5.75 Å². The van der Waals surface area contributed by atoms with E-state index in [9.17, 15) is 4.79 Å². The summed E-state index contributed by atoms with van der Waals surface area (Å²) in [7, 11) is 0. The fraction of sp³-hybridized carbons (Fsp3) is 0.462. The summed E-state index contributed by atoms with van der Waals surface area (Å²) in [6.45, 7) is 1.86. The highest BCUT2D eigenvalue weighted by Gasteiger charge is 2.14. The number of nitrogens with one attached hydrogen (secondary N) is 1. The van der Waals surface area contributed by atoms with Crippen molar-refractivity contribution < 1.29 is 14.6 Å². The fourth-order valence-corrected chi connectivity index (χ4v) is 2.14. The molecule has 0 unspecified atom stereocenters. The highest BCUT2D eigenvalue weighted by molar-refractivity contribution is 5.68. The standard InChI is InChI=1S/C13H17NO3/c15-13(16)9-17-12-3-1-10(2-4-12)11-5-7-14-8-6-11/h1-4,11,14H,5-9H2,(H,15,16). The molecule has 2 rings (SSSR count). The summed E-state index contributed by atoms with van der Waals surface area (Å²) in [4.78, 5) is 10.4. The van der Waals surface area contributed by atoms with Crippen LogP contribution in [0.5, 0.6) is 5.75 Å². The topological polar surface area (TPSA) is 58.6 Å². The summed E-state index contributed by atoms with van der Waals surface area (Å²) in [5, 5.41) is 11.8. The summed E-state index contributed by atoms with van der Waals surface area (Å²) >= 11 is 0. The van der Waals surface area contributed by atoms with E-state index < -0.39 is 5.97 Å². The number of ether oxygens (including phenoxy) is 1. The molecule has 0 saturated carbocycles. The minimum atomic E-state index is -0.951. The molecule has 1 aromatic carbocycles. The number of rotatable bonds is 4. The first-order valence-corrected chi connectivity index (χ1v) is 5.91. The molecular formula is C13H17NO3. The summed E-state index contributed by atoms with van der Waals surface area (Å²) in [5.74, 6) is 0.280. The van der Waals surface area contributed by atoms with E-state index in [4.69, 9.17) is 9.84 Å². The van der Waals surface area contributed by atoms with Gasteiger partial charge in [-0.05, 0) is 49.5 Å². The highest BCUT2D eigenvalue weighted by atomic mass is 16.5. The molecule has 4 heteroatoms. The van der Waals surface area contributed by atoms with E-state index in [1.165, 1.54) is 5.56 Å². The van der Waals surface area contributed by atoms with Crippen LogP contribution in [0.15, 0.2) is 24.3 Å². The number of carboxylic acids is 1. The number of benzene rings is 1. The second-order valence-corrected chi connectivity index (χ2v) is 4.28. The van der Waals surface area contributed by atoms with Crippen LogP contribution >= 0.6 is 0 Å². The van der Waals surface area contributed by atoms with Crippen molar-refractivity contribution >= 4 is 5.97 Å². The van der Waals surface area contributed by atoms with Crippen LogP contribution in [0.4, 0.5) is 0 Å². The Bertz CT molecular complexity index is 369. The Morgan fingerprint density at radius 3 is 2.53 bits per heavy atom. The Balaban J connectivity index is 1.94. The summed E-state index contributed by atoms with van der Waals surface area (Å²) < 4.78 is 5.10. The summed E-state index contributed by atoms with van der Waals surface area (Å²) in [5.41, 5.74) is 1.31. The van der Waals surface area contributed by atoms with E-state index >= 15 is 0 Å². The molecule has 0 atom stereocenters. The normalized spacial score (nSPS) is 16.7. The van der Waals surface area contributed by atoms with E-state index in [-0.39, 0.29) is 6.61 Å². The molecule has 1 aromatic rings. The maximum atomic E-state index is 10.4. The lowest BCUT2D eigenvalue weighted by atomic mass is 9.90. The van der Waals surface area contributed by atoms with Gasteiger partial charge in [-0.25, -0.2) is 4.79 Å². The van der Waals surface area contributed by atoms with Crippen molar-refractivity contribution in [2.75, 3.05) is 19.7 Å². The summed E-state index contributed by atoms with van der Waals surface area (Å²) in [6.07, 6.45) is 2.32. The lowest BCUT2D eigenvalue weighted by Gasteiger charge is -2.23. The molecule has 0 aromatic heterocycles. The minimum Gasteiger partial charge on any atom is -0.482 e. The van der Waals surface area contributed by atoms with E-state index in [0.29, 0.717) is 11.7 Å². The second kappa shape index (κ2) is 5.68. The van der Waals surface area contributed by atoms with Crippen LogP contribution in [0.25, 0.3) is 0 Å². The second-order valence-electron chi connectivity index (χ2n) is 4.28. The van der Waals surface area contributed by atoms with Crippen molar-refractivity contribution in [1.29, 1.82) is 0 Å². The Morgan fingerprint density at radius 1 is 1.29 bits per heavy atom. The molecule has 92 valence electrons. The van der Waals surface area contributed by atoms with Gasteiger partial charge < -0.3 is 15.2 Å². The third-order valence-corrected chi connectivity index (χ3v) is 3.05. The third-order valence-electron chi connectivity index (χ3n) is 3.05. The Labute approximate surface area is 101 Å². The van der Waals surface area contributed by atoms with Crippen molar-refractivity contribution in [2.45, 2.75) is 18.8 Å². The van der Waals surface area contributed by atoms with Gasteiger partial charge in [0.25, 0.3) is 0 Å². The smallest absolute Gasteiger partial charge is 0.341 e. The first-order valence-electron chi connectivity index (χ1n) is 5.91. The molecule has 1 heterocycles. The van der Waals surface area contributed by atoms with Crippen molar-refractivity contribution in [2.24, 2.45) is 0 Å². The molecule has 0 bridgehead atoms. The molecule has 0 spiro atoms. The maximum absolute atomic E-state index is 10.4. The van der Waals surface area contributed by atoms with Gasteiger partial charge in [0, 0.05) is 0 Å². The van der Waals surface area contributed by atoms with Gasteiger partial charge in [-0.15, -0.1) is 0 Å². The number of aliphatic carboxylic acids is 1. The Kier molecular flexibility index (Phi) is 3.98. The van der Waals surface area contributed by atoms with Gasteiger partial charge in [-0.3, -0.25) is 0 Å². The van der Waals surface area contributed by atoms with Crippen molar-refractivity contribution in [1.82, 2.24) is 5.32 Å². The monoisotopic (exact) mass is 235 g/mol. The zero-order chi connectivity index (χ0) is 12.1. The molecule has 1 aliphatic heterocycles. The van der Waals surface area contributed by atoms with Gasteiger partial charge in [0.15, 0.2) is 6.61 Å². The molecule has 0 radical (unpaired) electrons. The predicted octanol–water partition coefficient (Wildman–Crippen LogP) is 1.62. The van der Waals surface area contributed by atoms with Gasteiger partial charge in [0.05, 0.1) is 0 Å². The SMILES string of the molecule is O=C(O)COc1ccc(C2CCNCC2)cc1. The predicted molar refractivity (Wildman–Crippen MR) is 64.4 cm³/mol. The largest absolute Gasteiger partial charge is 0.482 e. The van der Waals surface area contributed by atoms with Crippen LogP contribution in [-0.2, 0) is 4.79 Å². The first kappa shape index (κ1) is 11.9. The first-order chi connectivity index (χ1) is 8.25. The molecule has 17 heavy (non-hydrogen) atoms. The van der Waals surface area contributed by atoms with E-state index in [0.717, 1.165) is 25.9 Å². The molecule has 4 nitrogen and oxygen atoms in total. The average molecular weight is 235 g/mol. The number of hydrogen-bond acceptors (Lipinski definition) is 3. The van der Waals surface area contributed by atoms with Crippen molar-refractivity contribution in [3.63, 3.8) is 0 Å². The van der Waals surface area contributed by atoms with Crippen LogP contribution in [0, 0.1) is 0 Å². The van der Waals surface area contributed by atoms with Crippen LogP contribution in [0.3, 0.4) is 0 Å². The molecule has 0 amide bonds. The fourth-order valence-electron chi connectivity index (χ4n) is 2.14. The Hall–Kier alpha value is -1.55. The molecule has 0 aliphatic carbocycles. The van der Waals surface area contributed by atoms with Gasteiger partial charge >= 0.3 is 5.97 Å². The van der Waals surface area contributed by atoms with Gasteiger partial charge in [-0.1, -0.05) is 12.1 Å². The van der Waals surface area contributed by atoms with E-state index in [2.05, 4.69) is 5.32 Å². The summed E-state index contributed by atoms with van der Waals surface area (Å²) in [6, 6.07) is 7.76. The van der Waals surface area contributed by atoms with Gasteiger partial charge in [0.1, 0.15) is 5.75 Å².